The molecule has 0 fully saturated rings. The van der Waals surface area contributed by atoms with Gasteiger partial charge in [-0.25, -0.2) is 4.68 Å². The molecular weight excluding hydrogens is 364 g/mol. The number of aromatic nitrogens is 3. The summed E-state index contributed by atoms with van der Waals surface area (Å²) in [6.07, 6.45) is 2.79. The fourth-order valence-corrected chi connectivity index (χ4v) is 4.44. The quantitative estimate of drug-likeness (QED) is 0.737. The van der Waals surface area contributed by atoms with Gasteiger partial charge in [-0.2, -0.15) is 10.1 Å². The van der Waals surface area contributed by atoms with E-state index in [1.54, 1.807) is 7.11 Å². The van der Waals surface area contributed by atoms with Crippen molar-refractivity contribution in [1.29, 1.82) is 0 Å². The van der Waals surface area contributed by atoms with Crippen LogP contribution in [0.25, 0.3) is 0 Å². The van der Waals surface area contributed by atoms with Crippen LogP contribution < -0.4 is 10.1 Å². The van der Waals surface area contributed by atoms with Crippen molar-refractivity contribution in [3.8, 4) is 5.75 Å². The van der Waals surface area contributed by atoms with E-state index >= 15 is 0 Å². The van der Waals surface area contributed by atoms with Crippen LogP contribution in [0, 0.1) is 6.92 Å². The SMILES string of the molecule is COc1ccc([C@H]2CC(=O)C3=C(C2)Nc2ncnn2[C@@H]3c2ccccc2C)cc1. The summed E-state index contributed by atoms with van der Waals surface area (Å²) in [5.74, 6) is 1.79. The Morgan fingerprint density at radius 3 is 2.66 bits per heavy atom. The van der Waals surface area contributed by atoms with Crippen molar-refractivity contribution in [3.05, 3.63) is 82.8 Å². The fraction of sp³-hybridized carbons (Fsp3) is 0.261. The minimum absolute atomic E-state index is 0.131. The van der Waals surface area contributed by atoms with Gasteiger partial charge >= 0.3 is 0 Å². The lowest BCUT2D eigenvalue weighted by atomic mass is 9.77. The van der Waals surface area contributed by atoms with Crippen molar-refractivity contribution >= 4 is 11.7 Å². The molecule has 0 bridgehead atoms. The number of fused-ring (bicyclic) bond motifs is 1. The molecule has 1 N–H and O–H groups in total. The maximum absolute atomic E-state index is 13.4. The molecule has 0 spiro atoms. The number of Topliss-reactive ketones (excluding diaryl/α,β-unsaturated/α-hetero) is 1. The van der Waals surface area contributed by atoms with Gasteiger partial charge < -0.3 is 10.1 Å². The Balaban J connectivity index is 1.57. The molecule has 6 nitrogen and oxygen atoms in total. The highest BCUT2D eigenvalue weighted by atomic mass is 16.5. The van der Waals surface area contributed by atoms with Crippen molar-refractivity contribution in [3.63, 3.8) is 0 Å². The van der Waals surface area contributed by atoms with Crippen LogP contribution in [0.2, 0.25) is 0 Å². The number of allylic oxidation sites excluding steroid dienone is 2. The lowest BCUT2D eigenvalue weighted by Gasteiger charge is -2.35. The van der Waals surface area contributed by atoms with E-state index in [-0.39, 0.29) is 17.7 Å². The second-order valence-electron chi connectivity index (χ2n) is 7.61. The summed E-state index contributed by atoms with van der Waals surface area (Å²) in [5, 5.41) is 7.79. The zero-order valence-electron chi connectivity index (χ0n) is 16.4. The second-order valence-corrected chi connectivity index (χ2v) is 7.61. The van der Waals surface area contributed by atoms with Crippen molar-refractivity contribution in [2.45, 2.75) is 31.7 Å². The lowest BCUT2D eigenvalue weighted by Crippen LogP contribution is -2.33. The van der Waals surface area contributed by atoms with Crippen LogP contribution >= 0.6 is 0 Å². The van der Waals surface area contributed by atoms with Gasteiger partial charge in [0.05, 0.1) is 7.11 Å². The van der Waals surface area contributed by atoms with E-state index < -0.39 is 0 Å². The Hall–Kier alpha value is -3.41. The first kappa shape index (κ1) is 17.7. The molecule has 3 aromatic rings. The third-order valence-corrected chi connectivity index (χ3v) is 5.93. The first-order valence-corrected chi connectivity index (χ1v) is 9.78. The number of methoxy groups -OCH3 is 1. The van der Waals surface area contributed by atoms with Gasteiger partial charge in [0, 0.05) is 17.7 Å². The molecule has 2 aromatic carbocycles. The minimum Gasteiger partial charge on any atom is -0.497 e. The maximum atomic E-state index is 13.4. The van der Waals surface area contributed by atoms with Crippen LogP contribution in [0.5, 0.6) is 5.75 Å². The smallest absolute Gasteiger partial charge is 0.226 e. The normalized spacial score (nSPS) is 20.7. The molecule has 0 radical (unpaired) electrons. The molecule has 6 heteroatoms. The first-order chi connectivity index (χ1) is 14.2. The fourth-order valence-electron chi connectivity index (χ4n) is 4.44. The van der Waals surface area contributed by atoms with Crippen LogP contribution in [0.1, 0.15) is 41.5 Å². The molecule has 1 aromatic heterocycles. The molecule has 0 unspecified atom stereocenters. The van der Waals surface area contributed by atoms with Gasteiger partial charge in [0.2, 0.25) is 5.95 Å². The average Bonchev–Trinajstić information content (AvgIpc) is 3.21. The number of anilines is 1. The average molecular weight is 386 g/mol. The predicted octanol–water partition coefficient (Wildman–Crippen LogP) is 4.01. The summed E-state index contributed by atoms with van der Waals surface area (Å²) < 4.78 is 7.09. The van der Waals surface area contributed by atoms with Gasteiger partial charge in [0.15, 0.2) is 5.78 Å². The number of carbonyl (C=O) groups excluding carboxylic acids is 1. The Morgan fingerprint density at radius 2 is 1.90 bits per heavy atom. The zero-order valence-corrected chi connectivity index (χ0v) is 16.4. The summed E-state index contributed by atoms with van der Waals surface area (Å²) in [7, 11) is 1.66. The standard InChI is InChI=1S/C23H22N4O2/c1-14-5-3-4-6-18(14)22-21-19(26-23-24-13-25-27(22)23)11-16(12-20(21)28)15-7-9-17(29-2)10-8-15/h3-10,13,16,22H,11-12H2,1-2H3,(H,24,25,26)/t16-,22-/m1/s1. The topological polar surface area (TPSA) is 69.0 Å². The molecule has 5 rings (SSSR count). The van der Waals surface area contributed by atoms with Gasteiger partial charge in [-0.3, -0.25) is 4.79 Å². The number of benzene rings is 2. The Kier molecular flexibility index (Phi) is 4.19. The van der Waals surface area contributed by atoms with E-state index in [0.29, 0.717) is 12.4 Å². The number of nitrogens with zero attached hydrogens (tertiary/aromatic N) is 3. The summed E-state index contributed by atoms with van der Waals surface area (Å²) >= 11 is 0. The Morgan fingerprint density at radius 1 is 1.10 bits per heavy atom. The molecule has 146 valence electrons. The van der Waals surface area contributed by atoms with Crippen molar-refractivity contribution in [2.24, 2.45) is 0 Å². The number of rotatable bonds is 3. The van der Waals surface area contributed by atoms with Gasteiger partial charge in [-0.05, 0) is 48.1 Å². The molecule has 0 saturated heterocycles. The highest BCUT2D eigenvalue weighted by molar-refractivity contribution is 6.00. The third-order valence-electron chi connectivity index (χ3n) is 5.93. The molecule has 0 saturated carbocycles. The first-order valence-electron chi connectivity index (χ1n) is 9.78. The van der Waals surface area contributed by atoms with E-state index in [2.05, 4.69) is 34.5 Å². The monoisotopic (exact) mass is 386 g/mol. The molecule has 2 heterocycles. The molecule has 29 heavy (non-hydrogen) atoms. The number of hydrogen-bond acceptors (Lipinski definition) is 5. The van der Waals surface area contributed by atoms with E-state index in [9.17, 15) is 4.79 Å². The third kappa shape index (κ3) is 2.92. The summed E-state index contributed by atoms with van der Waals surface area (Å²) in [6, 6.07) is 15.9. The number of nitrogens with one attached hydrogen (secondary N) is 1. The van der Waals surface area contributed by atoms with Crippen LogP contribution in [0.3, 0.4) is 0 Å². The van der Waals surface area contributed by atoms with Crippen molar-refractivity contribution in [1.82, 2.24) is 14.8 Å². The van der Waals surface area contributed by atoms with Crippen LogP contribution in [-0.4, -0.2) is 27.7 Å². The second kappa shape index (κ2) is 6.88. The van der Waals surface area contributed by atoms with Gasteiger partial charge in [-0.15, -0.1) is 0 Å². The highest BCUT2D eigenvalue weighted by Gasteiger charge is 2.39. The van der Waals surface area contributed by atoms with Crippen LogP contribution in [-0.2, 0) is 4.79 Å². The van der Waals surface area contributed by atoms with Crippen molar-refractivity contribution < 1.29 is 9.53 Å². The van der Waals surface area contributed by atoms with Gasteiger partial charge in [-0.1, -0.05) is 36.4 Å². The highest BCUT2D eigenvalue weighted by Crippen LogP contribution is 2.44. The minimum atomic E-state index is -0.241. The van der Waals surface area contributed by atoms with Crippen LogP contribution in [0.15, 0.2) is 66.1 Å². The number of ketones is 1. The number of hydrogen-bond donors (Lipinski definition) is 1. The largest absolute Gasteiger partial charge is 0.497 e. The van der Waals surface area contributed by atoms with Crippen LogP contribution in [0.4, 0.5) is 5.95 Å². The number of carbonyl (C=O) groups is 1. The Bertz CT molecular complexity index is 1110. The van der Waals surface area contributed by atoms with E-state index in [4.69, 9.17) is 4.74 Å². The maximum Gasteiger partial charge on any atom is 0.226 e. The molecule has 1 aliphatic heterocycles. The molecule has 1 aliphatic carbocycles. The summed E-state index contributed by atoms with van der Waals surface area (Å²) in [4.78, 5) is 17.8. The summed E-state index contributed by atoms with van der Waals surface area (Å²) in [5.41, 5.74) is 5.13. The molecule has 2 atom stereocenters. The van der Waals surface area contributed by atoms with E-state index in [1.165, 1.54) is 6.33 Å². The summed E-state index contributed by atoms with van der Waals surface area (Å²) in [6.45, 7) is 2.07. The van der Waals surface area contributed by atoms with Crippen molar-refractivity contribution in [2.75, 3.05) is 12.4 Å². The Labute approximate surface area is 169 Å². The van der Waals surface area contributed by atoms with Gasteiger partial charge in [0.1, 0.15) is 18.1 Å². The number of ether oxygens (including phenoxy) is 1. The number of aryl methyl sites for hydroxylation is 1. The molecular formula is C23H22N4O2. The zero-order chi connectivity index (χ0) is 20.0. The molecule has 2 aliphatic rings. The predicted molar refractivity (Wildman–Crippen MR) is 110 cm³/mol. The van der Waals surface area contributed by atoms with E-state index in [1.807, 2.05) is 41.1 Å². The van der Waals surface area contributed by atoms with E-state index in [0.717, 1.165) is 40.1 Å². The lowest BCUT2D eigenvalue weighted by molar-refractivity contribution is -0.116. The molecule has 0 amide bonds. The van der Waals surface area contributed by atoms with Gasteiger partial charge in [0.25, 0.3) is 0 Å².